The summed E-state index contributed by atoms with van der Waals surface area (Å²) in [6, 6.07) is 24.8. The summed E-state index contributed by atoms with van der Waals surface area (Å²) >= 11 is 7.52. The molecule has 0 radical (unpaired) electrons. The molecule has 1 aliphatic rings. The van der Waals surface area contributed by atoms with Gasteiger partial charge in [0.2, 0.25) is 5.91 Å². The van der Waals surface area contributed by atoms with E-state index in [1.165, 1.54) is 11.8 Å². The largest absolute Gasteiger partial charge is 0.368 e. The first-order valence-electron chi connectivity index (χ1n) is 11.7. The van der Waals surface area contributed by atoms with Crippen LogP contribution in [0.1, 0.15) is 10.4 Å². The summed E-state index contributed by atoms with van der Waals surface area (Å²) in [4.78, 5) is 34.8. The van der Waals surface area contributed by atoms with Gasteiger partial charge in [0, 0.05) is 64.6 Å². The fourth-order valence-electron chi connectivity index (χ4n) is 4.26. The molecule has 2 heterocycles. The molecule has 36 heavy (non-hydrogen) atoms. The van der Waals surface area contributed by atoms with Crippen molar-refractivity contribution in [1.82, 2.24) is 9.88 Å². The fourth-order valence-corrected chi connectivity index (χ4v) is 5.29. The van der Waals surface area contributed by atoms with E-state index in [0.29, 0.717) is 29.4 Å². The van der Waals surface area contributed by atoms with Gasteiger partial charge in [0.05, 0.1) is 11.3 Å². The Morgan fingerprint density at radius 2 is 1.67 bits per heavy atom. The molecule has 0 atom stereocenters. The molecule has 1 fully saturated rings. The third kappa shape index (κ3) is 5.64. The molecule has 0 aliphatic carbocycles. The summed E-state index contributed by atoms with van der Waals surface area (Å²) in [5.74, 6) is 0.251. The van der Waals surface area contributed by atoms with Gasteiger partial charge in [-0.15, -0.1) is 11.8 Å². The molecule has 182 valence electrons. The van der Waals surface area contributed by atoms with Crippen LogP contribution >= 0.6 is 23.4 Å². The molecule has 1 saturated heterocycles. The first-order chi connectivity index (χ1) is 17.6. The van der Waals surface area contributed by atoms with Crippen LogP contribution in [0.2, 0.25) is 5.02 Å². The zero-order valence-corrected chi connectivity index (χ0v) is 21.1. The molecule has 0 spiro atoms. The number of thioether (sulfide) groups is 1. The number of piperazine rings is 1. The average molecular weight is 517 g/mol. The lowest BCUT2D eigenvalue weighted by molar-refractivity contribution is -0.113. The number of anilines is 2. The van der Waals surface area contributed by atoms with Gasteiger partial charge in [0.15, 0.2) is 0 Å². The van der Waals surface area contributed by atoms with Gasteiger partial charge in [0.1, 0.15) is 0 Å². The maximum Gasteiger partial charge on any atom is 0.254 e. The number of carbonyl (C=O) groups is 2. The van der Waals surface area contributed by atoms with Crippen LogP contribution in [-0.4, -0.2) is 53.6 Å². The number of amides is 2. The number of benzene rings is 3. The smallest absolute Gasteiger partial charge is 0.254 e. The van der Waals surface area contributed by atoms with E-state index in [9.17, 15) is 9.59 Å². The van der Waals surface area contributed by atoms with Gasteiger partial charge in [-0.2, -0.15) is 0 Å². The van der Waals surface area contributed by atoms with Crippen LogP contribution in [0.3, 0.4) is 0 Å². The molecule has 8 heteroatoms. The molecule has 1 N–H and O–H groups in total. The highest BCUT2D eigenvalue weighted by Gasteiger charge is 2.22. The van der Waals surface area contributed by atoms with E-state index in [1.807, 2.05) is 59.5 Å². The Bertz CT molecular complexity index is 1380. The van der Waals surface area contributed by atoms with Crippen molar-refractivity contribution in [2.24, 2.45) is 0 Å². The predicted octanol–water partition coefficient (Wildman–Crippen LogP) is 5.58. The number of nitrogens with one attached hydrogen (secondary N) is 1. The Morgan fingerprint density at radius 1 is 0.917 bits per heavy atom. The van der Waals surface area contributed by atoms with Crippen molar-refractivity contribution in [3.63, 3.8) is 0 Å². The van der Waals surface area contributed by atoms with Crippen molar-refractivity contribution >= 4 is 57.5 Å². The van der Waals surface area contributed by atoms with Crippen LogP contribution in [0, 0.1) is 0 Å². The zero-order chi connectivity index (χ0) is 24.9. The van der Waals surface area contributed by atoms with Gasteiger partial charge in [-0.05, 0) is 54.6 Å². The van der Waals surface area contributed by atoms with E-state index in [1.54, 1.807) is 30.5 Å². The van der Waals surface area contributed by atoms with Gasteiger partial charge in [-0.1, -0.05) is 35.9 Å². The topological polar surface area (TPSA) is 65.5 Å². The number of nitrogens with zero attached hydrogens (tertiary/aromatic N) is 3. The van der Waals surface area contributed by atoms with E-state index in [-0.39, 0.29) is 11.8 Å². The highest BCUT2D eigenvalue weighted by molar-refractivity contribution is 8.00. The highest BCUT2D eigenvalue weighted by Crippen LogP contribution is 2.26. The van der Waals surface area contributed by atoms with E-state index in [4.69, 9.17) is 11.6 Å². The lowest BCUT2D eigenvalue weighted by Crippen LogP contribution is -2.48. The lowest BCUT2D eigenvalue weighted by atomic mass is 10.1. The standard InChI is InChI=1S/C28H25ClN4O2S/c29-22-7-1-5-21(18-22)28(35)33-16-14-32(15-17-33)24-11-9-23(10-12-24)31-26(34)19-36-25-8-2-4-20-6-3-13-30-27(20)25/h1-13,18H,14-17,19H2,(H,31,34). The monoisotopic (exact) mass is 516 g/mol. The summed E-state index contributed by atoms with van der Waals surface area (Å²) in [6.45, 7) is 2.77. The van der Waals surface area contributed by atoms with Crippen molar-refractivity contribution in [2.75, 3.05) is 42.1 Å². The quantitative estimate of drug-likeness (QED) is 0.339. The Hall–Kier alpha value is -3.55. The summed E-state index contributed by atoms with van der Waals surface area (Å²) in [7, 11) is 0. The third-order valence-corrected chi connectivity index (χ3v) is 7.39. The second-order valence-corrected chi connectivity index (χ2v) is 9.96. The normalized spacial score (nSPS) is 13.6. The molecule has 5 rings (SSSR count). The molecule has 0 bridgehead atoms. The molecule has 1 aliphatic heterocycles. The van der Waals surface area contributed by atoms with Crippen molar-refractivity contribution in [3.05, 3.63) is 95.6 Å². The van der Waals surface area contributed by atoms with Crippen molar-refractivity contribution < 1.29 is 9.59 Å². The minimum atomic E-state index is -0.0613. The van der Waals surface area contributed by atoms with Gasteiger partial charge >= 0.3 is 0 Å². The van der Waals surface area contributed by atoms with Gasteiger partial charge in [-0.3, -0.25) is 14.6 Å². The van der Waals surface area contributed by atoms with Crippen LogP contribution in [0.15, 0.2) is 90.0 Å². The van der Waals surface area contributed by atoms with Gasteiger partial charge in [0.25, 0.3) is 5.91 Å². The number of hydrogen-bond acceptors (Lipinski definition) is 5. The van der Waals surface area contributed by atoms with E-state index >= 15 is 0 Å². The maximum atomic E-state index is 12.8. The molecule has 4 aromatic rings. The van der Waals surface area contributed by atoms with E-state index in [0.717, 1.165) is 40.3 Å². The van der Waals surface area contributed by atoms with Crippen LogP contribution in [-0.2, 0) is 4.79 Å². The molecular weight excluding hydrogens is 492 g/mol. The van der Waals surface area contributed by atoms with Crippen LogP contribution in [0.4, 0.5) is 11.4 Å². The van der Waals surface area contributed by atoms with Crippen LogP contribution in [0.25, 0.3) is 10.9 Å². The minimum Gasteiger partial charge on any atom is -0.368 e. The Balaban J connectivity index is 1.12. The summed E-state index contributed by atoms with van der Waals surface area (Å²) < 4.78 is 0. The van der Waals surface area contributed by atoms with E-state index < -0.39 is 0 Å². The second kappa shape index (κ2) is 11.0. The fraction of sp³-hybridized carbons (Fsp3) is 0.179. The molecule has 2 amide bonds. The SMILES string of the molecule is O=C(CSc1cccc2cccnc12)Nc1ccc(N2CCN(C(=O)c3cccc(Cl)c3)CC2)cc1. The lowest BCUT2D eigenvalue weighted by Gasteiger charge is -2.36. The number of hydrogen-bond donors (Lipinski definition) is 1. The molecular formula is C28H25ClN4O2S. The van der Waals surface area contributed by atoms with Crippen molar-refractivity contribution in [2.45, 2.75) is 4.90 Å². The minimum absolute atomic E-state index is 0.00682. The zero-order valence-electron chi connectivity index (χ0n) is 19.6. The first-order valence-corrected chi connectivity index (χ1v) is 13.1. The van der Waals surface area contributed by atoms with Crippen LogP contribution in [0.5, 0.6) is 0 Å². The van der Waals surface area contributed by atoms with Gasteiger partial charge in [-0.25, -0.2) is 0 Å². The molecule has 6 nitrogen and oxygen atoms in total. The number of carbonyl (C=O) groups excluding carboxylic acids is 2. The first kappa shape index (κ1) is 24.2. The van der Waals surface area contributed by atoms with Crippen molar-refractivity contribution in [1.29, 1.82) is 0 Å². The molecule has 0 saturated carbocycles. The molecule has 1 aromatic heterocycles. The Kier molecular flexibility index (Phi) is 7.39. The van der Waals surface area contributed by atoms with Crippen LogP contribution < -0.4 is 10.2 Å². The Morgan fingerprint density at radius 3 is 2.44 bits per heavy atom. The Labute approximate surface area is 219 Å². The number of pyridine rings is 1. The number of halogens is 1. The molecule has 3 aromatic carbocycles. The number of para-hydroxylation sites is 1. The maximum absolute atomic E-state index is 12.8. The highest BCUT2D eigenvalue weighted by atomic mass is 35.5. The van der Waals surface area contributed by atoms with Crippen molar-refractivity contribution in [3.8, 4) is 0 Å². The number of aromatic nitrogens is 1. The van der Waals surface area contributed by atoms with E-state index in [2.05, 4.69) is 15.2 Å². The number of rotatable bonds is 6. The predicted molar refractivity (Wildman–Crippen MR) is 147 cm³/mol. The summed E-state index contributed by atoms with van der Waals surface area (Å²) in [6.07, 6.45) is 1.77. The average Bonchev–Trinajstić information content (AvgIpc) is 2.92. The third-order valence-electron chi connectivity index (χ3n) is 6.11. The summed E-state index contributed by atoms with van der Waals surface area (Å²) in [5, 5.41) is 4.60. The number of fused-ring (bicyclic) bond motifs is 1. The summed E-state index contributed by atoms with van der Waals surface area (Å²) in [5.41, 5.74) is 3.36. The second-order valence-electron chi connectivity index (χ2n) is 8.50. The van der Waals surface area contributed by atoms with Gasteiger partial charge < -0.3 is 15.1 Å². The molecule has 0 unspecified atom stereocenters.